The molecule has 186 valence electrons. The third-order valence-electron chi connectivity index (χ3n) is 5.99. The Bertz CT molecular complexity index is 1230. The van der Waals surface area contributed by atoms with Crippen molar-refractivity contribution in [1.82, 2.24) is 4.90 Å². The summed E-state index contributed by atoms with van der Waals surface area (Å²) in [5.74, 6) is -0.673. The Labute approximate surface area is 219 Å². The number of hydrogen-bond acceptors (Lipinski definition) is 5. The lowest BCUT2D eigenvalue weighted by atomic mass is 10.1. The molecule has 36 heavy (non-hydrogen) atoms. The Morgan fingerprint density at radius 2 is 1.47 bits per heavy atom. The van der Waals surface area contributed by atoms with E-state index in [2.05, 4.69) is 10.2 Å². The molecular formula is C27H25Cl2N3O4. The highest BCUT2D eigenvalue weighted by Gasteiger charge is 2.29. The van der Waals surface area contributed by atoms with Crippen LogP contribution in [-0.2, 0) is 16.0 Å². The number of benzene rings is 3. The van der Waals surface area contributed by atoms with Gasteiger partial charge in [0.1, 0.15) is 5.75 Å². The maximum atomic E-state index is 12.8. The van der Waals surface area contributed by atoms with Crippen molar-refractivity contribution in [3.8, 4) is 5.75 Å². The second-order valence-corrected chi connectivity index (χ2v) is 9.14. The first-order valence-electron chi connectivity index (χ1n) is 11.4. The van der Waals surface area contributed by atoms with Crippen LogP contribution in [0.1, 0.15) is 15.9 Å². The SMILES string of the molecule is COc1ccc(CC(=O)Nc2ccc(N3CCN(C(=O)C(=O)c4c(Cl)cccc4Cl)CC3)cc2)cc1. The highest BCUT2D eigenvalue weighted by Crippen LogP contribution is 2.26. The number of piperazine rings is 1. The van der Waals surface area contributed by atoms with Gasteiger partial charge in [-0.3, -0.25) is 14.4 Å². The number of nitrogens with one attached hydrogen (secondary N) is 1. The molecule has 3 aromatic carbocycles. The van der Waals surface area contributed by atoms with Crippen LogP contribution in [0.3, 0.4) is 0 Å². The number of halogens is 2. The van der Waals surface area contributed by atoms with Crippen molar-refractivity contribution in [2.24, 2.45) is 0 Å². The molecule has 0 atom stereocenters. The summed E-state index contributed by atoms with van der Waals surface area (Å²) in [5, 5.41) is 3.23. The molecule has 0 bridgehead atoms. The zero-order chi connectivity index (χ0) is 25.7. The molecule has 0 unspecified atom stereocenters. The highest BCUT2D eigenvalue weighted by atomic mass is 35.5. The first-order chi connectivity index (χ1) is 17.4. The molecule has 7 nitrogen and oxygen atoms in total. The van der Waals surface area contributed by atoms with Crippen molar-refractivity contribution in [2.45, 2.75) is 6.42 Å². The monoisotopic (exact) mass is 525 g/mol. The molecule has 0 aliphatic carbocycles. The van der Waals surface area contributed by atoms with E-state index in [4.69, 9.17) is 27.9 Å². The molecule has 1 N–H and O–H groups in total. The molecule has 2 amide bonds. The van der Waals surface area contributed by atoms with Crippen LogP contribution in [0, 0.1) is 0 Å². The molecule has 0 saturated carbocycles. The molecule has 1 fully saturated rings. The fourth-order valence-electron chi connectivity index (χ4n) is 4.02. The van der Waals surface area contributed by atoms with E-state index in [1.165, 1.54) is 17.0 Å². The summed E-state index contributed by atoms with van der Waals surface area (Å²) in [5.41, 5.74) is 2.61. The number of rotatable bonds is 7. The number of hydrogen-bond donors (Lipinski definition) is 1. The summed E-state index contributed by atoms with van der Waals surface area (Å²) in [7, 11) is 1.60. The molecular weight excluding hydrogens is 501 g/mol. The number of ether oxygens (including phenoxy) is 1. The summed E-state index contributed by atoms with van der Waals surface area (Å²) >= 11 is 12.2. The first-order valence-corrected chi connectivity index (χ1v) is 12.2. The lowest BCUT2D eigenvalue weighted by Gasteiger charge is -2.36. The van der Waals surface area contributed by atoms with E-state index in [0.29, 0.717) is 31.9 Å². The molecule has 1 saturated heterocycles. The molecule has 1 heterocycles. The maximum absolute atomic E-state index is 12.8. The van der Waals surface area contributed by atoms with Gasteiger partial charge in [-0.2, -0.15) is 0 Å². The zero-order valence-corrected chi connectivity index (χ0v) is 21.2. The van der Waals surface area contributed by atoms with Gasteiger partial charge in [-0.15, -0.1) is 0 Å². The van der Waals surface area contributed by atoms with Crippen LogP contribution in [-0.4, -0.2) is 55.8 Å². The fraction of sp³-hybridized carbons (Fsp3) is 0.222. The first kappa shape index (κ1) is 25.5. The fourth-order valence-corrected chi connectivity index (χ4v) is 4.59. The van der Waals surface area contributed by atoms with Gasteiger partial charge in [0.25, 0.3) is 11.7 Å². The smallest absolute Gasteiger partial charge is 0.295 e. The van der Waals surface area contributed by atoms with E-state index in [1.807, 2.05) is 48.5 Å². The van der Waals surface area contributed by atoms with Gasteiger partial charge in [0.15, 0.2) is 0 Å². The maximum Gasteiger partial charge on any atom is 0.295 e. The van der Waals surface area contributed by atoms with Crippen LogP contribution in [0.5, 0.6) is 5.75 Å². The quantitative estimate of drug-likeness (QED) is 0.356. The van der Waals surface area contributed by atoms with Crippen LogP contribution in [0.4, 0.5) is 11.4 Å². The van der Waals surface area contributed by atoms with Gasteiger partial charge in [-0.25, -0.2) is 0 Å². The second kappa shape index (κ2) is 11.5. The van der Waals surface area contributed by atoms with E-state index in [-0.39, 0.29) is 27.9 Å². The minimum absolute atomic E-state index is 0.0397. The van der Waals surface area contributed by atoms with E-state index in [9.17, 15) is 14.4 Å². The minimum Gasteiger partial charge on any atom is -0.497 e. The summed E-state index contributed by atoms with van der Waals surface area (Å²) in [6.07, 6.45) is 0.264. The molecule has 0 radical (unpaired) electrons. The zero-order valence-electron chi connectivity index (χ0n) is 19.7. The minimum atomic E-state index is -0.700. The standard InChI is InChI=1S/C27H25Cl2N3O4/c1-36-21-11-5-18(6-12-21)17-24(33)30-19-7-9-20(10-8-19)31-13-15-32(16-14-31)27(35)26(34)25-22(28)3-2-4-23(25)29/h2-12H,13-17H2,1H3,(H,30,33). The Balaban J connectivity index is 1.29. The number of nitrogens with zero attached hydrogens (tertiary/aromatic N) is 2. The Morgan fingerprint density at radius 1 is 0.861 bits per heavy atom. The number of ketones is 1. The van der Waals surface area contributed by atoms with E-state index in [0.717, 1.165) is 17.0 Å². The van der Waals surface area contributed by atoms with Crippen LogP contribution >= 0.6 is 23.2 Å². The molecule has 0 spiro atoms. The average molecular weight is 526 g/mol. The number of anilines is 2. The van der Waals surface area contributed by atoms with Gasteiger partial charge >= 0.3 is 0 Å². The van der Waals surface area contributed by atoms with Crippen LogP contribution < -0.4 is 15.0 Å². The number of amides is 2. The molecule has 3 aromatic rings. The molecule has 9 heteroatoms. The molecule has 1 aliphatic rings. The third-order valence-corrected chi connectivity index (χ3v) is 6.62. The van der Waals surface area contributed by atoms with E-state index >= 15 is 0 Å². The lowest BCUT2D eigenvalue weighted by Crippen LogP contribution is -2.50. The van der Waals surface area contributed by atoms with Crippen molar-refractivity contribution in [2.75, 3.05) is 43.5 Å². The van der Waals surface area contributed by atoms with E-state index < -0.39 is 11.7 Å². The van der Waals surface area contributed by atoms with Crippen molar-refractivity contribution in [3.05, 3.63) is 87.9 Å². The number of carbonyl (C=O) groups excluding carboxylic acids is 3. The van der Waals surface area contributed by atoms with Gasteiger partial charge in [-0.1, -0.05) is 41.4 Å². The van der Waals surface area contributed by atoms with Crippen molar-refractivity contribution < 1.29 is 19.1 Å². The summed E-state index contributed by atoms with van der Waals surface area (Å²) in [6.45, 7) is 1.93. The lowest BCUT2D eigenvalue weighted by molar-refractivity contribution is -0.126. The second-order valence-electron chi connectivity index (χ2n) is 8.32. The van der Waals surface area contributed by atoms with Gasteiger partial charge in [0, 0.05) is 37.6 Å². The number of methoxy groups -OCH3 is 1. The van der Waals surface area contributed by atoms with Gasteiger partial charge in [-0.05, 0) is 54.1 Å². The van der Waals surface area contributed by atoms with E-state index in [1.54, 1.807) is 13.2 Å². The average Bonchev–Trinajstić information content (AvgIpc) is 2.89. The van der Waals surface area contributed by atoms with Crippen molar-refractivity contribution >= 4 is 52.2 Å². The predicted octanol–water partition coefficient (Wildman–Crippen LogP) is 4.71. The topological polar surface area (TPSA) is 79.0 Å². The van der Waals surface area contributed by atoms with Crippen LogP contribution in [0.25, 0.3) is 0 Å². The summed E-state index contributed by atoms with van der Waals surface area (Å²) in [6, 6.07) is 19.6. The Morgan fingerprint density at radius 3 is 2.06 bits per heavy atom. The Kier molecular flexibility index (Phi) is 8.13. The van der Waals surface area contributed by atoms with Crippen molar-refractivity contribution in [1.29, 1.82) is 0 Å². The summed E-state index contributed by atoms with van der Waals surface area (Å²) < 4.78 is 5.14. The predicted molar refractivity (Wildman–Crippen MR) is 141 cm³/mol. The number of carbonyl (C=O) groups is 3. The van der Waals surface area contributed by atoms with Gasteiger partial charge in [0.2, 0.25) is 5.91 Å². The van der Waals surface area contributed by atoms with Gasteiger partial charge in [0.05, 0.1) is 29.1 Å². The molecule has 1 aliphatic heterocycles. The third kappa shape index (κ3) is 5.98. The van der Waals surface area contributed by atoms with Gasteiger partial charge < -0.3 is 19.9 Å². The Hall–Kier alpha value is -3.55. The van der Waals surface area contributed by atoms with Crippen molar-refractivity contribution in [3.63, 3.8) is 0 Å². The van der Waals surface area contributed by atoms with Crippen LogP contribution in [0.15, 0.2) is 66.7 Å². The largest absolute Gasteiger partial charge is 0.497 e. The van der Waals surface area contributed by atoms with Crippen LogP contribution in [0.2, 0.25) is 10.0 Å². The normalized spacial score (nSPS) is 13.3. The molecule has 4 rings (SSSR count). The summed E-state index contributed by atoms with van der Waals surface area (Å²) in [4.78, 5) is 41.5. The molecule has 0 aromatic heterocycles. The highest BCUT2D eigenvalue weighted by molar-refractivity contribution is 6.50. The number of Topliss-reactive ketones (excluding diaryl/α,β-unsaturated/α-hetero) is 1.